The fourth-order valence-electron chi connectivity index (χ4n) is 3.90. The summed E-state index contributed by atoms with van der Waals surface area (Å²) in [5.41, 5.74) is 5.51. The maximum atomic E-state index is 12.2. The van der Waals surface area contributed by atoms with Crippen molar-refractivity contribution < 1.29 is 13.2 Å². The van der Waals surface area contributed by atoms with E-state index in [1.807, 2.05) is 0 Å². The number of sulfonamides is 1. The number of hydrogen-bond acceptors (Lipinski definition) is 4. The molecule has 0 radical (unpaired) electrons. The molecule has 3 aliphatic rings. The predicted octanol–water partition coefficient (Wildman–Crippen LogP) is 3.05. The van der Waals surface area contributed by atoms with Gasteiger partial charge in [0.25, 0.3) is 0 Å². The number of allylic oxidation sites excluding steroid dienone is 2. The van der Waals surface area contributed by atoms with Crippen LogP contribution < -0.4 is 4.72 Å². The van der Waals surface area contributed by atoms with E-state index >= 15 is 0 Å². The van der Waals surface area contributed by atoms with Crippen molar-refractivity contribution >= 4 is 27.5 Å². The molecule has 1 unspecified atom stereocenters. The van der Waals surface area contributed by atoms with Crippen LogP contribution in [0.1, 0.15) is 61.5 Å². The summed E-state index contributed by atoms with van der Waals surface area (Å²) in [5, 5.41) is 0. The summed E-state index contributed by atoms with van der Waals surface area (Å²) in [6.07, 6.45) is 12.0. The minimum atomic E-state index is -3.17. The smallest absolute Gasteiger partial charge is 0.211 e. The highest BCUT2D eigenvalue weighted by atomic mass is 32.2. The quantitative estimate of drug-likeness (QED) is 0.781. The number of nitrogens with one attached hydrogen (secondary N) is 1. The Hall–Kier alpha value is -1.79. The van der Waals surface area contributed by atoms with Crippen molar-refractivity contribution in [3.05, 3.63) is 40.7 Å². The van der Waals surface area contributed by atoms with E-state index < -0.39 is 10.0 Å². The Kier molecular flexibility index (Phi) is 5.03. The van der Waals surface area contributed by atoms with Crippen LogP contribution in [0.4, 0.5) is 0 Å². The van der Waals surface area contributed by atoms with E-state index in [1.165, 1.54) is 11.1 Å². The summed E-state index contributed by atoms with van der Waals surface area (Å²) >= 11 is 0. The number of nitrogens with zero attached hydrogens (tertiary/aromatic N) is 1. The highest BCUT2D eigenvalue weighted by Crippen LogP contribution is 2.35. The summed E-state index contributed by atoms with van der Waals surface area (Å²) in [6.45, 7) is 1.66. The zero-order valence-corrected chi connectivity index (χ0v) is 16.5. The second kappa shape index (κ2) is 7.32. The predicted molar refractivity (Wildman–Crippen MR) is 107 cm³/mol. The maximum absolute atomic E-state index is 12.2. The Bertz CT molecular complexity index is 927. The first-order valence-corrected chi connectivity index (χ1v) is 11.5. The Morgan fingerprint density at radius 1 is 1.30 bits per heavy atom. The molecule has 0 aliphatic heterocycles. The molecule has 1 atom stereocenters. The first kappa shape index (κ1) is 18.6. The molecule has 5 nitrogen and oxygen atoms in total. The van der Waals surface area contributed by atoms with Crippen LogP contribution in [0, 0.1) is 5.92 Å². The van der Waals surface area contributed by atoms with E-state index in [2.05, 4.69) is 29.0 Å². The van der Waals surface area contributed by atoms with E-state index in [0.717, 1.165) is 49.1 Å². The van der Waals surface area contributed by atoms with Gasteiger partial charge in [-0.2, -0.15) is 0 Å². The fourth-order valence-corrected chi connectivity index (χ4v) is 4.79. The van der Waals surface area contributed by atoms with E-state index in [1.54, 1.807) is 6.92 Å². The number of pyridine rings is 1. The van der Waals surface area contributed by atoms with Gasteiger partial charge in [-0.15, -0.1) is 0 Å². The lowest BCUT2D eigenvalue weighted by molar-refractivity contribution is -0.119. The van der Waals surface area contributed by atoms with Crippen LogP contribution in [0.3, 0.4) is 0 Å². The van der Waals surface area contributed by atoms with Gasteiger partial charge in [0.05, 0.1) is 11.4 Å². The van der Waals surface area contributed by atoms with Crippen LogP contribution in [-0.4, -0.2) is 31.0 Å². The SMILES string of the molecule is CCS(=O)(=O)NC1CC=C(c2cc(CC(=O)C3CC3)nc3c2C=CC3)CC1. The monoisotopic (exact) mass is 386 g/mol. The third-order valence-electron chi connectivity index (χ3n) is 5.66. The molecule has 0 bridgehead atoms. The van der Waals surface area contributed by atoms with Crippen molar-refractivity contribution in [1.29, 1.82) is 0 Å². The molecule has 1 N–H and O–H groups in total. The Morgan fingerprint density at radius 3 is 2.78 bits per heavy atom. The van der Waals surface area contributed by atoms with E-state index in [0.29, 0.717) is 18.6 Å². The topological polar surface area (TPSA) is 76.1 Å². The van der Waals surface area contributed by atoms with Crippen molar-refractivity contribution in [2.75, 3.05) is 5.75 Å². The number of carbonyl (C=O) groups is 1. The molecule has 4 rings (SSSR count). The van der Waals surface area contributed by atoms with Crippen molar-refractivity contribution in [3.8, 4) is 0 Å². The van der Waals surface area contributed by atoms with Gasteiger partial charge in [0.15, 0.2) is 0 Å². The first-order chi connectivity index (χ1) is 12.9. The molecule has 0 amide bonds. The van der Waals surface area contributed by atoms with Gasteiger partial charge < -0.3 is 0 Å². The van der Waals surface area contributed by atoms with Crippen molar-refractivity contribution in [3.63, 3.8) is 0 Å². The largest absolute Gasteiger partial charge is 0.299 e. The number of carbonyl (C=O) groups excluding carboxylic acids is 1. The second-order valence-corrected chi connectivity index (χ2v) is 9.81. The maximum Gasteiger partial charge on any atom is 0.211 e. The van der Waals surface area contributed by atoms with Gasteiger partial charge in [0, 0.05) is 36.1 Å². The van der Waals surface area contributed by atoms with Gasteiger partial charge in [-0.05, 0) is 56.2 Å². The van der Waals surface area contributed by atoms with Crippen molar-refractivity contribution in [2.45, 2.75) is 57.9 Å². The van der Waals surface area contributed by atoms with Crippen LogP contribution in [0.25, 0.3) is 11.6 Å². The average molecular weight is 387 g/mol. The van der Waals surface area contributed by atoms with E-state index in [9.17, 15) is 13.2 Å². The minimum Gasteiger partial charge on any atom is -0.299 e. The number of hydrogen-bond donors (Lipinski definition) is 1. The summed E-state index contributed by atoms with van der Waals surface area (Å²) in [7, 11) is -3.17. The number of rotatable bonds is 7. The van der Waals surface area contributed by atoms with Gasteiger partial charge in [-0.25, -0.2) is 13.1 Å². The highest BCUT2D eigenvalue weighted by molar-refractivity contribution is 7.89. The van der Waals surface area contributed by atoms with Gasteiger partial charge >= 0.3 is 0 Å². The molecular formula is C21H26N2O3S. The van der Waals surface area contributed by atoms with E-state index in [4.69, 9.17) is 4.98 Å². The zero-order chi connectivity index (χ0) is 19.0. The molecule has 3 aliphatic carbocycles. The summed E-state index contributed by atoms with van der Waals surface area (Å²) in [4.78, 5) is 17.0. The average Bonchev–Trinajstić information content (AvgIpc) is 3.40. The minimum absolute atomic E-state index is 0.0277. The number of Topliss-reactive ketones (excluding diaryl/α,β-unsaturated/α-hetero) is 1. The van der Waals surface area contributed by atoms with Crippen LogP contribution >= 0.6 is 0 Å². The molecular weight excluding hydrogens is 360 g/mol. The van der Waals surface area contributed by atoms with Crippen LogP contribution in [0.2, 0.25) is 0 Å². The first-order valence-electron chi connectivity index (χ1n) is 9.86. The van der Waals surface area contributed by atoms with Crippen molar-refractivity contribution in [1.82, 2.24) is 9.71 Å². The summed E-state index contributed by atoms with van der Waals surface area (Å²) < 4.78 is 26.4. The van der Waals surface area contributed by atoms with Crippen LogP contribution in [0.15, 0.2) is 18.2 Å². The Balaban J connectivity index is 1.56. The molecule has 1 fully saturated rings. The Morgan fingerprint density at radius 2 is 2.11 bits per heavy atom. The molecule has 0 saturated heterocycles. The van der Waals surface area contributed by atoms with Crippen LogP contribution in [-0.2, 0) is 27.7 Å². The van der Waals surface area contributed by atoms with Crippen molar-refractivity contribution in [2.24, 2.45) is 5.92 Å². The van der Waals surface area contributed by atoms with Gasteiger partial charge in [0.1, 0.15) is 5.78 Å². The normalized spacial score (nSPS) is 21.8. The second-order valence-electron chi connectivity index (χ2n) is 7.77. The van der Waals surface area contributed by atoms with E-state index in [-0.39, 0.29) is 17.7 Å². The fraction of sp³-hybridized carbons (Fsp3) is 0.524. The third kappa shape index (κ3) is 4.22. The Labute approximate surface area is 161 Å². The molecule has 6 heteroatoms. The van der Waals surface area contributed by atoms with Crippen LogP contribution in [0.5, 0.6) is 0 Å². The number of aromatic nitrogens is 1. The summed E-state index contributed by atoms with van der Waals surface area (Å²) in [6, 6.07) is 2.05. The molecule has 144 valence electrons. The molecule has 1 aromatic heterocycles. The molecule has 1 saturated carbocycles. The molecule has 27 heavy (non-hydrogen) atoms. The lowest BCUT2D eigenvalue weighted by atomic mass is 9.88. The molecule has 1 heterocycles. The van der Waals surface area contributed by atoms with Gasteiger partial charge in [-0.1, -0.05) is 18.2 Å². The lowest BCUT2D eigenvalue weighted by Gasteiger charge is -2.24. The lowest BCUT2D eigenvalue weighted by Crippen LogP contribution is -2.36. The van der Waals surface area contributed by atoms with Gasteiger partial charge in [0.2, 0.25) is 10.0 Å². The summed E-state index contributed by atoms with van der Waals surface area (Å²) in [5.74, 6) is 0.676. The molecule has 1 aromatic rings. The number of ketones is 1. The van der Waals surface area contributed by atoms with Gasteiger partial charge in [-0.3, -0.25) is 9.78 Å². The third-order valence-corrected chi connectivity index (χ3v) is 7.11. The highest BCUT2D eigenvalue weighted by Gasteiger charge is 2.30. The standard InChI is InChI=1S/C21H26N2O3S/c1-2-27(25,26)23-16-10-8-14(9-11-16)19-12-17(13-21(24)15-6-7-15)22-20-5-3-4-18(19)20/h3-4,8,12,15-16,23H,2,5-7,9-11,13H2,1H3. The molecule has 0 spiro atoms. The number of fused-ring (bicyclic) bond motifs is 1. The molecule has 0 aromatic carbocycles. The zero-order valence-electron chi connectivity index (χ0n) is 15.7.